The maximum atomic E-state index is 12.3. The van der Waals surface area contributed by atoms with Crippen LogP contribution in [0.2, 0.25) is 10.0 Å². The van der Waals surface area contributed by atoms with Crippen LogP contribution in [0.1, 0.15) is 12.0 Å². The van der Waals surface area contributed by atoms with Crippen LogP contribution in [0, 0.1) is 0 Å². The van der Waals surface area contributed by atoms with E-state index in [1.807, 2.05) is 0 Å². The normalized spacial score (nSPS) is 16.0. The van der Waals surface area contributed by atoms with Gasteiger partial charge in [0.2, 0.25) is 0 Å². The molecule has 4 nitrogen and oxygen atoms in total. The second kappa shape index (κ2) is 6.24. The van der Waals surface area contributed by atoms with E-state index in [1.54, 1.807) is 30.3 Å². The van der Waals surface area contributed by atoms with Crippen LogP contribution in [0.3, 0.4) is 0 Å². The summed E-state index contributed by atoms with van der Waals surface area (Å²) in [6.45, 7) is 0. The zero-order valence-electron chi connectivity index (χ0n) is 12.3. The van der Waals surface area contributed by atoms with E-state index in [4.69, 9.17) is 23.2 Å². The lowest BCUT2D eigenvalue weighted by atomic mass is 10.0. The molecule has 0 aromatic heterocycles. The minimum absolute atomic E-state index is 0.0194. The summed E-state index contributed by atoms with van der Waals surface area (Å²) in [5.74, 6) is -1.33. The number of fused-ring (bicyclic) bond motifs is 1. The van der Waals surface area contributed by atoms with Gasteiger partial charge in [0.05, 0.1) is 20.7 Å². The smallest absolute Gasteiger partial charge is 0.331 e. The summed E-state index contributed by atoms with van der Waals surface area (Å²) in [4.78, 5) is 11.4. The van der Waals surface area contributed by atoms with Gasteiger partial charge in [0, 0.05) is 5.57 Å². The van der Waals surface area contributed by atoms with Crippen molar-refractivity contribution in [3.63, 3.8) is 0 Å². The molecule has 0 spiro atoms. The number of rotatable bonds is 2. The number of sulfone groups is 1. The van der Waals surface area contributed by atoms with E-state index < -0.39 is 15.8 Å². The van der Waals surface area contributed by atoms with Crippen LogP contribution in [0.25, 0.3) is 17.2 Å². The molecule has 7 heteroatoms. The van der Waals surface area contributed by atoms with E-state index in [0.717, 1.165) is 11.1 Å². The number of benzene rings is 2. The summed E-state index contributed by atoms with van der Waals surface area (Å²) < 4.78 is 24.7. The summed E-state index contributed by atoms with van der Waals surface area (Å²) in [5, 5.41) is 10.0. The summed E-state index contributed by atoms with van der Waals surface area (Å²) >= 11 is 11.9. The van der Waals surface area contributed by atoms with E-state index >= 15 is 0 Å². The first kappa shape index (κ1) is 17.0. The molecule has 2 aromatic carbocycles. The molecule has 1 aliphatic heterocycles. The summed E-state index contributed by atoms with van der Waals surface area (Å²) in [6.07, 6.45) is 1.40. The number of aliphatic carboxylic acids is 1. The largest absolute Gasteiger partial charge is 0.478 e. The van der Waals surface area contributed by atoms with Crippen LogP contribution >= 0.6 is 23.2 Å². The minimum Gasteiger partial charge on any atom is -0.478 e. The number of carboxylic acids is 1. The Balaban J connectivity index is 2.19. The Kier molecular flexibility index (Phi) is 4.42. The molecule has 2 aromatic rings. The van der Waals surface area contributed by atoms with E-state index in [0.29, 0.717) is 15.6 Å². The predicted molar refractivity (Wildman–Crippen MR) is 94.2 cm³/mol. The molecule has 1 aliphatic rings. The number of hydrogen-bond donors (Lipinski definition) is 1. The third-order valence-corrected chi connectivity index (χ3v) is 6.36. The lowest BCUT2D eigenvalue weighted by Gasteiger charge is -2.09. The highest BCUT2D eigenvalue weighted by Gasteiger charge is 2.24. The van der Waals surface area contributed by atoms with Gasteiger partial charge in [-0.05, 0) is 53.5 Å². The van der Waals surface area contributed by atoms with Crippen molar-refractivity contribution < 1.29 is 18.3 Å². The highest BCUT2D eigenvalue weighted by Crippen LogP contribution is 2.33. The van der Waals surface area contributed by atoms with Gasteiger partial charge >= 0.3 is 5.97 Å². The van der Waals surface area contributed by atoms with Crippen LogP contribution in [-0.2, 0) is 14.6 Å². The highest BCUT2D eigenvalue weighted by atomic mass is 35.5. The zero-order chi connectivity index (χ0) is 17.5. The Morgan fingerprint density at radius 2 is 1.67 bits per heavy atom. The van der Waals surface area contributed by atoms with Crippen molar-refractivity contribution in [2.75, 3.05) is 5.75 Å². The topological polar surface area (TPSA) is 71.4 Å². The second-order valence-electron chi connectivity index (χ2n) is 5.43. The fourth-order valence-corrected chi connectivity index (χ4v) is 4.34. The molecule has 0 amide bonds. The molecule has 3 rings (SSSR count). The average molecular weight is 383 g/mol. The first-order valence-corrected chi connectivity index (χ1v) is 9.45. The Bertz CT molecular complexity index is 978. The predicted octanol–water partition coefficient (Wildman–Crippen LogP) is 4.31. The third-order valence-electron chi connectivity index (χ3n) is 3.84. The first-order chi connectivity index (χ1) is 11.3. The van der Waals surface area contributed by atoms with Crippen LogP contribution in [0.5, 0.6) is 0 Å². The second-order valence-corrected chi connectivity index (χ2v) is 8.32. The molecule has 0 radical (unpaired) electrons. The van der Waals surface area contributed by atoms with Crippen molar-refractivity contribution in [1.82, 2.24) is 0 Å². The summed E-state index contributed by atoms with van der Waals surface area (Å²) in [5.41, 5.74) is 1.93. The third kappa shape index (κ3) is 3.20. The standard InChI is InChI=1S/C17H12Cl2O4S/c18-14-3-1-11(9-15(14)19)10-2-4-16-13(7-10)8-12(17(20)21)5-6-24(16,22)23/h1-4,7-9H,5-6H2,(H,20,21). The molecule has 1 heterocycles. The maximum absolute atomic E-state index is 12.3. The van der Waals surface area contributed by atoms with Crippen LogP contribution < -0.4 is 0 Å². The molecule has 1 N–H and O–H groups in total. The van der Waals surface area contributed by atoms with Gasteiger partial charge in [-0.2, -0.15) is 0 Å². The average Bonchev–Trinajstić information content (AvgIpc) is 2.66. The monoisotopic (exact) mass is 382 g/mol. The lowest BCUT2D eigenvalue weighted by molar-refractivity contribution is -0.132. The maximum Gasteiger partial charge on any atom is 0.331 e. The van der Waals surface area contributed by atoms with Gasteiger partial charge in [0.25, 0.3) is 0 Å². The Hall–Kier alpha value is -1.82. The van der Waals surface area contributed by atoms with Crippen molar-refractivity contribution in [3.8, 4) is 11.1 Å². The molecular weight excluding hydrogens is 371 g/mol. The zero-order valence-corrected chi connectivity index (χ0v) is 14.6. The molecular formula is C17H12Cl2O4S. The van der Waals surface area contributed by atoms with E-state index in [-0.39, 0.29) is 22.6 Å². The molecule has 0 fully saturated rings. The van der Waals surface area contributed by atoms with Crippen LogP contribution in [-0.4, -0.2) is 25.2 Å². The molecule has 0 bridgehead atoms. The molecule has 0 atom stereocenters. The van der Waals surface area contributed by atoms with Gasteiger partial charge in [-0.25, -0.2) is 13.2 Å². The SMILES string of the molecule is O=C(O)C1=Cc2cc(-c3ccc(Cl)c(Cl)c3)ccc2S(=O)(=O)CC1. The fraction of sp³-hybridized carbons (Fsp3) is 0.118. The van der Waals surface area contributed by atoms with Gasteiger partial charge in [-0.1, -0.05) is 35.3 Å². The lowest BCUT2D eigenvalue weighted by Crippen LogP contribution is -2.08. The Morgan fingerprint density at radius 3 is 2.33 bits per heavy atom. The van der Waals surface area contributed by atoms with Gasteiger partial charge < -0.3 is 5.11 Å². The molecule has 0 unspecified atom stereocenters. The van der Waals surface area contributed by atoms with Gasteiger partial charge in [0.15, 0.2) is 9.84 Å². The van der Waals surface area contributed by atoms with Crippen LogP contribution in [0.4, 0.5) is 0 Å². The van der Waals surface area contributed by atoms with Crippen LogP contribution in [0.15, 0.2) is 46.9 Å². The molecule has 24 heavy (non-hydrogen) atoms. The number of carbonyl (C=O) groups is 1. The first-order valence-electron chi connectivity index (χ1n) is 7.04. The fourth-order valence-electron chi connectivity index (χ4n) is 2.58. The Labute approximate surface area is 149 Å². The van der Waals surface area contributed by atoms with E-state index in [1.165, 1.54) is 12.1 Å². The molecule has 124 valence electrons. The Morgan fingerprint density at radius 1 is 1.00 bits per heavy atom. The minimum atomic E-state index is -3.52. The van der Waals surface area contributed by atoms with Gasteiger partial charge in [0.1, 0.15) is 0 Å². The summed E-state index contributed by atoms with van der Waals surface area (Å²) in [7, 11) is -3.52. The molecule has 0 aliphatic carbocycles. The number of hydrogen-bond acceptors (Lipinski definition) is 3. The summed E-state index contributed by atoms with van der Waals surface area (Å²) in [6, 6.07) is 9.93. The van der Waals surface area contributed by atoms with Gasteiger partial charge in [-0.3, -0.25) is 0 Å². The van der Waals surface area contributed by atoms with E-state index in [2.05, 4.69) is 0 Å². The van der Waals surface area contributed by atoms with Crippen molar-refractivity contribution in [2.24, 2.45) is 0 Å². The van der Waals surface area contributed by atoms with Crippen molar-refractivity contribution in [1.29, 1.82) is 0 Å². The molecule has 0 saturated heterocycles. The van der Waals surface area contributed by atoms with E-state index in [9.17, 15) is 18.3 Å². The quantitative estimate of drug-likeness (QED) is 0.839. The molecule has 0 saturated carbocycles. The van der Waals surface area contributed by atoms with Crippen molar-refractivity contribution >= 4 is 45.1 Å². The van der Waals surface area contributed by atoms with Crippen molar-refractivity contribution in [2.45, 2.75) is 11.3 Å². The highest BCUT2D eigenvalue weighted by molar-refractivity contribution is 7.91. The number of halogens is 2. The number of carboxylic acid groups (broad SMARTS) is 1. The van der Waals surface area contributed by atoms with Crippen molar-refractivity contribution in [3.05, 3.63) is 57.6 Å². The van der Waals surface area contributed by atoms with Gasteiger partial charge in [-0.15, -0.1) is 0 Å².